The summed E-state index contributed by atoms with van der Waals surface area (Å²) in [5, 5.41) is 8.05. The number of anilines is 1. The maximum Gasteiger partial charge on any atom is 0.263 e. The van der Waals surface area contributed by atoms with E-state index >= 15 is 0 Å². The molecule has 0 saturated carbocycles. The van der Waals surface area contributed by atoms with E-state index in [0.29, 0.717) is 6.54 Å². The number of fused-ring (bicyclic) bond motifs is 1. The van der Waals surface area contributed by atoms with Crippen LogP contribution in [0.2, 0.25) is 0 Å². The number of rotatable bonds is 3. The molecule has 6 nitrogen and oxygen atoms in total. The highest BCUT2D eigenvalue weighted by Crippen LogP contribution is 2.16. The van der Waals surface area contributed by atoms with Gasteiger partial charge in [0.2, 0.25) is 0 Å². The number of carbonyl (C=O) groups excluding carboxylic acids is 1. The highest BCUT2D eigenvalue weighted by atomic mass is 16.2. The molecule has 2 heterocycles. The summed E-state index contributed by atoms with van der Waals surface area (Å²) in [6, 6.07) is 17.9. The molecular weight excluding hydrogens is 302 g/mol. The van der Waals surface area contributed by atoms with Crippen LogP contribution >= 0.6 is 0 Å². The van der Waals surface area contributed by atoms with Crippen LogP contribution in [0.3, 0.4) is 0 Å². The number of para-hydroxylation sites is 2. The first-order valence-corrected chi connectivity index (χ1v) is 8.17. The minimum atomic E-state index is -0.0307. The number of benzene rings is 2. The Labute approximate surface area is 140 Å². The maximum atomic E-state index is 12.5. The van der Waals surface area contributed by atoms with Gasteiger partial charge in [-0.3, -0.25) is 9.69 Å². The van der Waals surface area contributed by atoms with E-state index in [2.05, 4.69) is 44.4 Å². The monoisotopic (exact) mass is 321 g/mol. The third-order valence-electron chi connectivity index (χ3n) is 4.44. The molecule has 1 saturated heterocycles. The molecule has 1 aliphatic heterocycles. The van der Waals surface area contributed by atoms with E-state index in [1.807, 2.05) is 30.3 Å². The van der Waals surface area contributed by atoms with Gasteiger partial charge in [-0.05, 0) is 24.3 Å². The van der Waals surface area contributed by atoms with Crippen molar-refractivity contribution >= 4 is 22.6 Å². The van der Waals surface area contributed by atoms with Crippen LogP contribution in [-0.2, 0) is 0 Å². The van der Waals surface area contributed by atoms with E-state index in [1.54, 1.807) is 0 Å². The molecule has 0 amide bonds. The standard InChI is InChI=1S/C18H19N5O/c24-18(23-17-9-5-4-8-16(17)19-20-23)14-21-10-12-22(13-11-21)15-6-2-1-3-7-15/h1-9H,10-14H2. The normalized spacial score (nSPS) is 15.8. The van der Waals surface area contributed by atoms with E-state index < -0.39 is 0 Å². The molecule has 6 heteroatoms. The van der Waals surface area contributed by atoms with Gasteiger partial charge in [-0.25, -0.2) is 0 Å². The Bertz CT molecular complexity index is 837. The lowest BCUT2D eigenvalue weighted by molar-refractivity contribution is 0.0831. The second kappa shape index (κ2) is 6.41. The molecule has 3 aromatic rings. The van der Waals surface area contributed by atoms with Gasteiger partial charge < -0.3 is 4.90 Å². The predicted octanol–water partition coefficient (Wildman–Crippen LogP) is 1.89. The summed E-state index contributed by atoms with van der Waals surface area (Å²) >= 11 is 0. The smallest absolute Gasteiger partial charge is 0.263 e. The van der Waals surface area contributed by atoms with Crippen molar-refractivity contribution in [2.75, 3.05) is 37.6 Å². The van der Waals surface area contributed by atoms with Gasteiger partial charge in [-0.2, -0.15) is 4.68 Å². The Morgan fingerprint density at radius 1 is 0.917 bits per heavy atom. The predicted molar refractivity (Wildman–Crippen MR) is 93.2 cm³/mol. The molecular formula is C18H19N5O. The Morgan fingerprint density at radius 2 is 1.62 bits per heavy atom. The fraction of sp³-hybridized carbons (Fsp3) is 0.278. The number of carbonyl (C=O) groups is 1. The second-order valence-corrected chi connectivity index (χ2v) is 5.98. The van der Waals surface area contributed by atoms with Crippen LogP contribution < -0.4 is 4.90 Å². The van der Waals surface area contributed by atoms with Crippen LogP contribution in [0.1, 0.15) is 4.79 Å². The fourth-order valence-electron chi connectivity index (χ4n) is 3.11. The minimum Gasteiger partial charge on any atom is -0.369 e. The summed E-state index contributed by atoms with van der Waals surface area (Å²) in [7, 11) is 0. The van der Waals surface area contributed by atoms with Crippen LogP contribution in [0.25, 0.3) is 11.0 Å². The highest BCUT2D eigenvalue weighted by Gasteiger charge is 2.21. The van der Waals surface area contributed by atoms with E-state index in [-0.39, 0.29) is 5.91 Å². The Balaban J connectivity index is 1.39. The molecule has 24 heavy (non-hydrogen) atoms. The lowest BCUT2D eigenvalue weighted by Gasteiger charge is -2.35. The first-order valence-electron chi connectivity index (χ1n) is 8.17. The molecule has 0 atom stereocenters. The molecule has 122 valence electrons. The van der Waals surface area contributed by atoms with Gasteiger partial charge in [-0.1, -0.05) is 35.5 Å². The van der Waals surface area contributed by atoms with Gasteiger partial charge in [-0.15, -0.1) is 5.10 Å². The van der Waals surface area contributed by atoms with Gasteiger partial charge in [0, 0.05) is 31.9 Å². The highest BCUT2D eigenvalue weighted by molar-refractivity contribution is 5.89. The zero-order chi connectivity index (χ0) is 16.4. The number of hydrogen-bond donors (Lipinski definition) is 0. The maximum absolute atomic E-state index is 12.5. The quantitative estimate of drug-likeness (QED) is 0.737. The van der Waals surface area contributed by atoms with Crippen molar-refractivity contribution in [3.8, 4) is 0 Å². The molecule has 1 aliphatic rings. The SMILES string of the molecule is O=C(CN1CCN(c2ccccc2)CC1)n1nnc2ccccc21. The molecule has 1 aromatic heterocycles. The van der Waals surface area contributed by atoms with E-state index in [9.17, 15) is 4.79 Å². The van der Waals surface area contributed by atoms with Crippen LogP contribution in [0.15, 0.2) is 54.6 Å². The molecule has 0 spiro atoms. The second-order valence-electron chi connectivity index (χ2n) is 5.98. The molecule has 2 aromatic carbocycles. The lowest BCUT2D eigenvalue weighted by atomic mass is 10.2. The van der Waals surface area contributed by atoms with Gasteiger partial charge in [0.05, 0.1) is 12.1 Å². The largest absolute Gasteiger partial charge is 0.369 e. The van der Waals surface area contributed by atoms with E-state index in [0.717, 1.165) is 37.2 Å². The molecule has 0 radical (unpaired) electrons. The molecule has 0 aliphatic carbocycles. The minimum absolute atomic E-state index is 0.0307. The molecule has 0 bridgehead atoms. The Morgan fingerprint density at radius 3 is 2.42 bits per heavy atom. The lowest BCUT2D eigenvalue weighted by Crippen LogP contribution is -2.48. The molecule has 0 N–H and O–H groups in total. The van der Waals surface area contributed by atoms with Crippen molar-refractivity contribution in [2.45, 2.75) is 0 Å². The first-order chi connectivity index (χ1) is 11.8. The van der Waals surface area contributed by atoms with Crippen molar-refractivity contribution in [1.29, 1.82) is 0 Å². The average Bonchev–Trinajstić information content (AvgIpc) is 3.07. The van der Waals surface area contributed by atoms with E-state index in [1.165, 1.54) is 10.4 Å². The Hall–Kier alpha value is -2.73. The van der Waals surface area contributed by atoms with Crippen molar-refractivity contribution in [3.63, 3.8) is 0 Å². The van der Waals surface area contributed by atoms with Gasteiger partial charge >= 0.3 is 0 Å². The Kier molecular flexibility index (Phi) is 3.96. The van der Waals surface area contributed by atoms with Crippen LogP contribution in [-0.4, -0.2) is 58.5 Å². The molecule has 0 unspecified atom stereocenters. The van der Waals surface area contributed by atoms with Crippen molar-refractivity contribution in [1.82, 2.24) is 19.9 Å². The van der Waals surface area contributed by atoms with Crippen molar-refractivity contribution < 1.29 is 4.79 Å². The third kappa shape index (κ3) is 2.88. The van der Waals surface area contributed by atoms with Gasteiger partial charge in [0.15, 0.2) is 0 Å². The number of aromatic nitrogens is 3. The zero-order valence-corrected chi connectivity index (χ0v) is 13.4. The average molecular weight is 321 g/mol. The van der Waals surface area contributed by atoms with Gasteiger partial charge in [0.1, 0.15) is 5.52 Å². The van der Waals surface area contributed by atoms with E-state index in [4.69, 9.17) is 0 Å². The van der Waals surface area contributed by atoms with Crippen LogP contribution in [0.5, 0.6) is 0 Å². The van der Waals surface area contributed by atoms with Crippen molar-refractivity contribution in [3.05, 3.63) is 54.6 Å². The summed E-state index contributed by atoms with van der Waals surface area (Å²) in [5.41, 5.74) is 2.76. The molecule has 4 rings (SSSR count). The van der Waals surface area contributed by atoms with Crippen molar-refractivity contribution in [2.24, 2.45) is 0 Å². The zero-order valence-electron chi connectivity index (χ0n) is 13.4. The topological polar surface area (TPSA) is 54.3 Å². The summed E-state index contributed by atoms with van der Waals surface area (Å²) < 4.78 is 1.42. The fourth-order valence-corrected chi connectivity index (χ4v) is 3.11. The summed E-state index contributed by atoms with van der Waals surface area (Å²) in [4.78, 5) is 17.1. The van der Waals surface area contributed by atoms with Crippen LogP contribution in [0, 0.1) is 0 Å². The summed E-state index contributed by atoms with van der Waals surface area (Å²) in [6.45, 7) is 3.96. The molecule has 1 fully saturated rings. The summed E-state index contributed by atoms with van der Waals surface area (Å²) in [6.07, 6.45) is 0. The number of nitrogens with zero attached hydrogens (tertiary/aromatic N) is 5. The summed E-state index contributed by atoms with van der Waals surface area (Å²) in [5.74, 6) is -0.0307. The van der Waals surface area contributed by atoms with Crippen LogP contribution in [0.4, 0.5) is 5.69 Å². The first kappa shape index (κ1) is 14.8. The van der Waals surface area contributed by atoms with Gasteiger partial charge in [0.25, 0.3) is 5.91 Å². The number of piperazine rings is 1. The number of hydrogen-bond acceptors (Lipinski definition) is 5. The third-order valence-corrected chi connectivity index (χ3v) is 4.44.